The van der Waals surface area contributed by atoms with Crippen LogP contribution in [-0.2, 0) is 17.9 Å². The number of rotatable bonds is 11. The number of amides is 2. The summed E-state index contributed by atoms with van der Waals surface area (Å²) < 4.78 is 1.31. The van der Waals surface area contributed by atoms with Crippen LogP contribution in [0.4, 0.5) is 11.5 Å². The summed E-state index contributed by atoms with van der Waals surface area (Å²) in [6.45, 7) is 6.14. The predicted octanol–water partition coefficient (Wildman–Crippen LogP) is 2.05. The number of amidine groups is 1. The molecule has 3 aromatic rings. The third-order valence-electron chi connectivity index (χ3n) is 5.96. The first-order valence-corrected chi connectivity index (χ1v) is 12.4. The van der Waals surface area contributed by atoms with Crippen molar-refractivity contribution in [3.8, 4) is 11.3 Å². The van der Waals surface area contributed by atoms with E-state index in [-0.39, 0.29) is 36.7 Å². The maximum atomic E-state index is 13.3. The summed E-state index contributed by atoms with van der Waals surface area (Å²) in [6.07, 6.45) is 2.25. The lowest BCUT2D eigenvalue weighted by Crippen LogP contribution is -2.34. The van der Waals surface area contributed by atoms with Crippen LogP contribution in [0, 0.1) is 5.41 Å². The number of nitrogen functional groups attached to an aromatic ring is 2. The Balaban J connectivity index is 1.91. The zero-order valence-corrected chi connectivity index (χ0v) is 21.8. The molecule has 0 saturated heterocycles. The van der Waals surface area contributed by atoms with Crippen molar-refractivity contribution in [1.29, 1.82) is 5.41 Å². The fourth-order valence-corrected chi connectivity index (χ4v) is 3.71. The molecule has 8 N–H and O–H groups in total. The van der Waals surface area contributed by atoms with E-state index in [1.807, 2.05) is 20.8 Å². The fraction of sp³-hybridized carbons (Fsp3) is 0.296. The van der Waals surface area contributed by atoms with Gasteiger partial charge in [-0.05, 0) is 44.0 Å². The van der Waals surface area contributed by atoms with Gasteiger partial charge >= 0.3 is 0 Å². The first-order valence-electron chi connectivity index (χ1n) is 12.4. The van der Waals surface area contributed by atoms with E-state index < -0.39 is 11.5 Å². The number of benzene rings is 2. The molecule has 2 aromatic carbocycles. The molecule has 0 aliphatic heterocycles. The van der Waals surface area contributed by atoms with Crippen LogP contribution in [0.25, 0.3) is 11.3 Å². The number of nitrogens with one attached hydrogen (secondary N) is 4. The van der Waals surface area contributed by atoms with E-state index in [4.69, 9.17) is 16.9 Å². The SMILES string of the molecule is CCNc1ncc(-c2cc(N)cc(C(=O)N[C@@H](C)CC)c2)n(CC(=O)NCc2ccc(C(=N)N)cc2)c1=O. The average molecular weight is 519 g/mol. The van der Waals surface area contributed by atoms with Gasteiger partial charge in [0.2, 0.25) is 5.91 Å². The molecule has 0 saturated carbocycles. The Kier molecular flexibility index (Phi) is 9.20. The predicted molar refractivity (Wildman–Crippen MR) is 149 cm³/mol. The van der Waals surface area contributed by atoms with Crippen molar-refractivity contribution in [2.45, 2.75) is 46.3 Å². The zero-order valence-electron chi connectivity index (χ0n) is 21.8. The first-order chi connectivity index (χ1) is 18.1. The Morgan fingerprint density at radius 1 is 1.11 bits per heavy atom. The van der Waals surface area contributed by atoms with Crippen molar-refractivity contribution in [2.75, 3.05) is 17.6 Å². The lowest BCUT2D eigenvalue weighted by atomic mass is 10.1. The van der Waals surface area contributed by atoms with Crippen molar-refractivity contribution >= 4 is 29.2 Å². The largest absolute Gasteiger partial charge is 0.399 e. The monoisotopic (exact) mass is 518 g/mol. The molecule has 2 amide bonds. The number of hydrogen-bond acceptors (Lipinski definition) is 7. The third-order valence-corrected chi connectivity index (χ3v) is 5.96. The molecule has 11 heteroatoms. The Labute approximate surface area is 221 Å². The van der Waals surface area contributed by atoms with E-state index in [0.717, 1.165) is 12.0 Å². The van der Waals surface area contributed by atoms with Crippen LogP contribution in [0.3, 0.4) is 0 Å². The van der Waals surface area contributed by atoms with Gasteiger partial charge in [-0.25, -0.2) is 4.98 Å². The van der Waals surface area contributed by atoms with Crippen LogP contribution >= 0.6 is 0 Å². The van der Waals surface area contributed by atoms with E-state index in [1.165, 1.54) is 10.8 Å². The molecule has 1 aromatic heterocycles. The number of carbonyl (C=O) groups excluding carboxylic acids is 2. The zero-order chi connectivity index (χ0) is 27.8. The van der Waals surface area contributed by atoms with Crippen molar-refractivity contribution in [3.05, 3.63) is 75.7 Å². The molecule has 0 spiro atoms. The van der Waals surface area contributed by atoms with E-state index in [9.17, 15) is 14.4 Å². The Morgan fingerprint density at radius 3 is 2.45 bits per heavy atom. The van der Waals surface area contributed by atoms with Crippen LogP contribution in [-0.4, -0.2) is 39.8 Å². The number of nitrogens with two attached hydrogens (primary N) is 2. The maximum absolute atomic E-state index is 13.3. The smallest absolute Gasteiger partial charge is 0.294 e. The van der Waals surface area contributed by atoms with Gasteiger partial charge in [0, 0.05) is 41.5 Å². The van der Waals surface area contributed by atoms with Crippen LogP contribution in [0.1, 0.15) is 48.7 Å². The number of aromatic nitrogens is 2. The average Bonchev–Trinajstić information content (AvgIpc) is 2.89. The highest BCUT2D eigenvalue weighted by Crippen LogP contribution is 2.23. The minimum absolute atomic E-state index is 0.0195. The van der Waals surface area contributed by atoms with Crippen LogP contribution in [0.2, 0.25) is 0 Å². The first kappa shape index (κ1) is 27.9. The van der Waals surface area contributed by atoms with Crippen molar-refractivity contribution in [3.63, 3.8) is 0 Å². The molecule has 0 fully saturated rings. The highest BCUT2D eigenvalue weighted by atomic mass is 16.2. The quantitative estimate of drug-likeness (QED) is 0.128. The molecule has 11 nitrogen and oxygen atoms in total. The standard InChI is InChI=1S/C27H34N8O3/c1-4-16(3)34-26(37)20-10-19(11-21(28)12-20)22-14-33-25(31-5-2)27(38)35(22)15-23(36)32-13-17-6-8-18(9-7-17)24(29)30/h6-12,14,16H,4-5,13,15,28H2,1-3H3,(H3,29,30)(H,31,33)(H,32,36)(H,34,37)/t16-/m0/s1. The molecule has 1 atom stereocenters. The summed E-state index contributed by atoms with van der Waals surface area (Å²) >= 11 is 0. The second-order valence-electron chi connectivity index (χ2n) is 8.93. The summed E-state index contributed by atoms with van der Waals surface area (Å²) in [4.78, 5) is 43.2. The lowest BCUT2D eigenvalue weighted by molar-refractivity contribution is -0.121. The van der Waals surface area contributed by atoms with Gasteiger partial charge in [0.05, 0.1) is 11.9 Å². The maximum Gasteiger partial charge on any atom is 0.294 e. The highest BCUT2D eigenvalue weighted by molar-refractivity contribution is 5.97. The van der Waals surface area contributed by atoms with Crippen LogP contribution < -0.4 is 33.0 Å². The van der Waals surface area contributed by atoms with Gasteiger partial charge in [0.25, 0.3) is 11.5 Å². The van der Waals surface area contributed by atoms with Gasteiger partial charge in [-0.3, -0.25) is 24.4 Å². The normalized spacial score (nSPS) is 11.4. The van der Waals surface area contributed by atoms with E-state index >= 15 is 0 Å². The van der Waals surface area contributed by atoms with Gasteiger partial charge in [-0.2, -0.15) is 0 Å². The Bertz CT molecular complexity index is 1380. The third kappa shape index (κ3) is 6.96. The van der Waals surface area contributed by atoms with E-state index in [0.29, 0.717) is 34.6 Å². The van der Waals surface area contributed by atoms with Gasteiger partial charge in [-0.15, -0.1) is 0 Å². The fourth-order valence-electron chi connectivity index (χ4n) is 3.71. The minimum Gasteiger partial charge on any atom is -0.399 e. The van der Waals surface area contributed by atoms with Crippen LogP contribution in [0.15, 0.2) is 53.5 Å². The number of hydrogen-bond donors (Lipinski definition) is 6. The van der Waals surface area contributed by atoms with Crippen molar-refractivity contribution in [2.24, 2.45) is 5.73 Å². The topological polar surface area (TPSA) is 181 Å². The van der Waals surface area contributed by atoms with Crippen molar-refractivity contribution < 1.29 is 9.59 Å². The molecular weight excluding hydrogens is 484 g/mol. The Hall–Kier alpha value is -4.67. The summed E-state index contributed by atoms with van der Waals surface area (Å²) in [7, 11) is 0. The Morgan fingerprint density at radius 2 is 1.82 bits per heavy atom. The molecule has 38 heavy (non-hydrogen) atoms. The minimum atomic E-state index is -0.474. The molecular formula is C27H34N8O3. The molecule has 1 heterocycles. The molecule has 0 unspecified atom stereocenters. The second kappa shape index (κ2) is 12.5. The summed E-state index contributed by atoms with van der Waals surface area (Å²) in [6, 6.07) is 11.7. The molecule has 200 valence electrons. The molecule has 0 aliphatic carbocycles. The van der Waals surface area contributed by atoms with Crippen molar-refractivity contribution in [1.82, 2.24) is 20.2 Å². The second-order valence-corrected chi connectivity index (χ2v) is 8.93. The molecule has 0 radical (unpaired) electrons. The summed E-state index contributed by atoms with van der Waals surface area (Å²) in [5, 5.41) is 16.1. The van der Waals surface area contributed by atoms with E-state index in [2.05, 4.69) is 20.9 Å². The lowest BCUT2D eigenvalue weighted by Gasteiger charge is -2.16. The molecule has 0 aliphatic rings. The number of nitrogens with zero attached hydrogens (tertiary/aromatic N) is 2. The molecule has 0 bridgehead atoms. The van der Waals surface area contributed by atoms with Gasteiger partial charge < -0.3 is 27.4 Å². The summed E-state index contributed by atoms with van der Waals surface area (Å²) in [5.74, 6) is -0.602. The van der Waals surface area contributed by atoms with Gasteiger partial charge in [0.1, 0.15) is 12.4 Å². The molecule has 3 rings (SSSR count). The highest BCUT2D eigenvalue weighted by Gasteiger charge is 2.17. The van der Waals surface area contributed by atoms with Crippen LogP contribution in [0.5, 0.6) is 0 Å². The number of anilines is 2. The van der Waals surface area contributed by atoms with Gasteiger partial charge in [-0.1, -0.05) is 31.2 Å². The summed E-state index contributed by atoms with van der Waals surface area (Å²) in [5.41, 5.74) is 14.0. The van der Waals surface area contributed by atoms with Gasteiger partial charge in [0.15, 0.2) is 5.82 Å². The van der Waals surface area contributed by atoms with E-state index in [1.54, 1.807) is 42.5 Å². The number of carbonyl (C=O) groups is 2.